The van der Waals surface area contributed by atoms with Crippen molar-refractivity contribution >= 4 is 23.4 Å². The maximum Gasteiger partial charge on any atom is 0.343 e. The van der Waals surface area contributed by atoms with E-state index >= 15 is 0 Å². The molecule has 1 aliphatic rings. The molecule has 1 aromatic carbocycles. The molecule has 6 nitrogen and oxygen atoms in total. The Morgan fingerprint density at radius 1 is 1.48 bits per heavy atom. The van der Waals surface area contributed by atoms with Crippen LogP contribution in [-0.4, -0.2) is 33.8 Å². The van der Waals surface area contributed by atoms with Gasteiger partial charge in [0.2, 0.25) is 5.28 Å². The SMILES string of the molecule is CCOC(=O)c1cnc(Cl)nc1N[C@H]1c2ccccc2C[C@@H]1O. The number of anilines is 1. The van der Waals surface area contributed by atoms with Crippen LogP contribution in [0.25, 0.3) is 0 Å². The molecule has 0 unspecified atom stereocenters. The van der Waals surface area contributed by atoms with Crippen LogP contribution >= 0.6 is 11.6 Å². The highest BCUT2D eigenvalue weighted by Crippen LogP contribution is 2.34. The van der Waals surface area contributed by atoms with E-state index in [4.69, 9.17) is 16.3 Å². The fourth-order valence-corrected chi connectivity index (χ4v) is 2.86. The summed E-state index contributed by atoms with van der Waals surface area (Å²) in [6.07, 6.45) is 1.25. The fourth-order valence-electron chi connectivity index (χ4n) is 2.72. The van der Waals surface area contributed by atoms with E-state index in [2.05, 4.69) is 15.3 Å². The second-order valence-electron chi connectivity index (χ2n) is 5.21. The third-order valence-electron chi connectivity index (χ3n) is 3.75. The number of ether oxygens (including phenoxy) is 1. The van der Waals surface area contributed by atoms with Gasteiger partial charge in [0.15, 0.2) is 0 Å². The van der Waals surface area contributed by atoms with Gasteiger partial charge in [-0.3, -0.25) is 0 Å². The van der Waals surface area contributed by atoms with Crippen molar-refractivity contribution < 1.29 is 14.6 Å². The zero-order valence-corrected chi connectivity index (χ0v) is 13.2. The van der Waals surface area contributed by atoms with E-state index in [0.29, 0.717) is 6.42 Å². The Morgan fingerprint density at radius 3 is 3.04 bits per heavy atom. The number of halogens is 1. The molecule has 0 fully saturated rings. The number of carbonyl (C=O) groups excluding carboxylic acids is 1. The summed E-state index contributed by atoms with van der Waals surface area (Å²) in [5.41, 5.74) is 2.23. The van der Waals surface area contributed by atoms with Crippen LogP contribution in [0.15, 0.2) is 30.5 Å². The monoisotopic (exact) mass is 333 g/mol. The lowest BCUT2D eigenvalue weighted by atomic mass is 10.1. The highest BCUT2D eigenvalue weighted by Gasteiger charge is 2.32. The van der Waals surface area contributed by atoms with Gasteiger partial charge in [-0.25, -0.2) is 9.78 Å². The molecule has 1 aliphatic carbocycles. The molecule has 0 bridgehead atoms. The summed E-state index contributed by atoms with van der Waals surface area (Å²) in [5.74, 6) is -0.281. The van der Waals surface area contributed by atoms with Gasteiger partial charge >= 0.3 is 5.97 Å². The van der Waals surface area contributed by atoms with Crippen molar-refractivity contribution in [1.29, 1.82) is 0 Å². The molecule has 23 heavy (non-hydrogen) atoms. The largest absolute Gasteiger partial charge is 0.462 e. The first-order valence-corrected chi connectivity index (χ1v) is 7.70. The van der Waals surface area contributed by atoms with Crippen molar-refractivity contribution in [2.45, 2.75) is 25.5 Å². The Balaban J connectivity index is 1.94. The van der Waals surface area contributed by atoms with E-state index in [0.717, 1.165) is 11.1 Å². The molecule has 1 heterocycles. The molecule has 0 amide bonds. The van der Waals surface area contributed by atoms with E-state index in [-0.39, 0.29) is 29.3 Å². The van der Waals surface area contributed by atoms with Crippen LogP contribution in [0.4, 0.5) is 5.82 Å². The Bertz CT molecular complexity index is 738. The summed E-state index contributed by atoms with van der Waals surface area (Å²) in [7, 11) is 0. The first-order valence-electron chi connectivity index (χ1n) is 7.32. The minimum absolute atomic E-state index is 0.0151. The van der Waals surface area contributed by atoms with Crippen molar-refractivity contribution in [3.05, 3.63) is 52.4 Å². The zero-order chi connectivity index (χ0) is 16.4. The maximum atomic E-state index is 12.0. The maximum absolute atomic E-state index is 12.0. The number of aliphatic hydroxyl groups is 1. The lowest BCUT2D eigenvalue weighted by molar-refractivity contribution is 0.0526. The number of esters is 1. The fraction of sp³-hybridized carbons (Fsp3) is 0.312. The standard InChI is InChI=1S/C16H16ClN3O3/c1-2-23-15(22)11-8-18-16(17)20-14(11)19-13-10-6-4-3-5-9(10)7-12(13)21/h3-6,8,12-13,21H,2,7H2,1H3,(H,18,19,20)/t12-,13-/m0/s1. The van der Waals surface area contributed by atoms with Crippen LogP contribution in [0, 0.1) is 0 Å². The Labute approximate surface area is 138 Å². The van der Waals surface area contributed by atoms with E-state index in [1.807, 2.05) is 24.3 Å². The average molecular weight is 334 g/mol. The van der Waals surface area contributed by atoms with Crippen molar-refractivity contribution in [3.63, 3.8) is 0 Å². The molecule has 2 N–H and O–H groups in total. The molecule has 0 aliphatic heterocycles. The Kier molecular flexibility index (Phi) is 4.45. The second kappa shape index (κ2) is 6.52. The van der Waals surface area contributed by atoms with Gasteiger partial charge in [-0.1, -0.05) is 24.3 Å². The number of hydrogen-bond acceptors (Lipinski definition) is 6. The van der Waals surface area contributed by atoms with Gasteiger partial charge in [0.05, 0.1) is 18.8 Å². The smallest absolute Gasteiger partial charge is 0.343 e. The summed E-state index contributed by atoms with van der Waals surface area (Å²) in [4.78, 5) is 19.9. The summed E-state index contributed by atoms with van der Waals surface area (Å²) in [6.45, 7) is 1.97. The molecule has 120 valence electrons. The quantitative estimate of drug-likeness (QED) is 0.660. The van der Waals surface area contributed by atoms with Gasteiger partial charge in [0.25, 0.3) is 0 Å². The van der Waals surface area contributed by atoms with Crippen molar-refractivity contribution in [3.8, 4) is 0 Å². The van der Waals surface area contributed by atoms with Crippen LogP contribution in [0.3, 0.4) is 0 Å². The molecule has 0 saturated carbocycles. The van der Waals surface area contributed by atoms with Crippen LogP contribution in [0.2, 0.25) is 5.28 Å². The summed E-state index contributed by atoms with van der Waals surface area (Å²) in [5, 5.41) is 13.4. The van der Waals surface area contributed by atoms with Gasteiger partial charge in [-0.15, -0.1) is 0 Å². The van der Waals surface area contributed by atoms with Gasteiger partial charge in [-0.05, 0) is 29.7 Å². The predicted octanol–water partition coefficient (Wildman–Crippen LogP) is 2.38. The number of hydrogen-bond donors (Lipinski definition) is 2. The average Bonchev–Trinajstić information content (AvgIpc) is 2.84. The first-order chi connectivity index (χ1) is 11.1. The molecule has 2 aromatic rings. The third-order valence-corrected chi connectivity index (χ3v) is 3.93. The molecule has 0 radical (unpaired) electrons. The number of benzene rings is 1. The highest BCUT2D eigenvalue weighted by molar-refractivity contribution is 6.28. The summed E-state index contributed by atoms with van der Waals surface area (Å²) >= 11 is 5.84. The van der Waals surface area contributed by atoms with E-state index < -0.39 is 12.1 Å². The molecular formula is C16H16ClN3O3. The van der Waals surface area contributed by atoms with Gasteiger partial charge in [-0.2, -0.15) is 4.98 Å². The van der Waals surface area contributed by atoms with Crippen molar-refractivity contribution in [2.75, 3.05) is 11.9 Å². The molecule has 0 spiro atoms. The number of nitrogens with one attached hydrogen (secondary N) is 1. The topological polar surface area (TPSA) is 84.3 Å². The third kappa shape index (κ3) is 3.13. The van der Waals surface area contributed by atoms with Crippen LogP contribution in [0.1, 0.15) is 34.5 Å². The Morgan fingerprint density at radius 2 is 2.26 bits per heavy atom. The normalized spacial score (nSPS) is 19.3. The van der Waals surface area contributed by atoms with Crippen LogP contribution in [-0.2, 0) is 11.2 Å². The van der Waals surface area contributed by atoms with E-state index in [1.165, 1.54) is 6.20 Å². The molecular weight excluding hydrogens is 318 g/mol. The molecule has 7 heteroatoms. The van der Waals surface area contributed by atoms with Crippen molar-refractivity contribution in [1.82, 2.24) is 9.97 Å². The number of nitrogens with zero attached hydrogens (tertiary/aromatic N) is 2. The van der Waals surface area contributed by atoms with Crippen LogP contribution in [0.5, 0.6) is 0 Å². The molecule has 3 rings (SSSR count). The number of aliphatic hydroxyl groups excluding tert-OH is 1. The lowest BCUT2D eigenvalue weighted by Gasteiger charge is -2.20. The molecule has 0 saturated heterocycles. The molecule has 1 aromatic heterocycles. The summed E-state index contributed by atoms with van der Waals surface area (Å²) in [6, 6.07) is 7.38. The van der Waals surface area contributed by atoms with Gasteiger partial charge in [0, 0.05) is 12.6 Å². The number of aromatic nitrogens is 2. The highest BCUT2D eigenvalue weighted by atomic mass is 35.5. The van der Waals surface area contributed by atoms with Gasteiger partial charge in [0.1, 0.15) is 11.4 Å². The minimum Gasteiger partial charge on any atom is -0.462 e. The predicted molar refractivity (Wildman–Crippen MR) is 85.5 cm³/mol. The molecule has 2 atom stereocenters. The second-order valence-corrected chi connectivity index (χ2v) is 5.55. The van der Waals surface area contributed by atoms with E-state index in [9.17, 15) is 9.90 Å². The first kappa shape index (κ1) is 15.7. The minimum atomic E-state index is -0.615. The van der Waals surface area contributed by atoms with Gasteiger partial charge < -0.3 is 15.2 Å². The van der Waals surface area contributed by atoms with Crippen LogP contribution < -0.4 is 5.32 Å². The number of carbonyl (C=O) groups is 1. The lowest BCUT2D eigenvalue weighted by Crippen LogP contribution is -2.23. The number of fused-ring (bicyclic) bond motifs is 1. The Hall–Kier alpha value is -2.18. The van der Waals surface area contributed by atoms with E-state index in [1.54, 1.807) is 6.92 Å². The summed E-state index contributed by atoms with van der Waals surface area (Å²) < 4.78 is 5.00. The zero-order valence-electron chi connectivity index (χ0n) is 12.5. The number of rotatable bonds is 4. The van der Waals surface area contributed by atoms with Crippen molar-refractivity contribution in [2.24, 2.45) is 0 Å².